The van der Waals surface area contributed by atoms with Gasteiger partial charge in [-0.25, -0.2) is 4.99 Å². The standard InChI is InChI=1S/C13H16N4O2S/c1-19-8-7-15-12(18)10-3-5-11(6-4-10)17-13(20-2)16-9-14/h3-6H,7-8H2,1-2H3,(H,15,18)(H,16,17). The Labute approximate surface area is 122 Å². The van der Waals surface area contributed by atoms with Gasteiger partial charge in [0.05, 0.1) is 12.3 Å². The van der Waals surface area contributed by atoms with E-state index >= 15 is 0 Å². The fourth-order valence-electron chi connectivity index (χ4n) is 1.35. The van der Waals surface area contributed by atoms with Gasteiger partial charge in [-0.15, -0.1) is 0 Å². The molecular weight excluding hydrogens is 276 g/mol. The Morgan fingerprint density at radius 1 is 1.45 bits per heavy atom. The number of thioether (sulfide) groups is 1. The van der Waals surface area contributed by atoms with Crippen molar-refractivity contribution in [2.24, 2.45) is 4.99 Å². The van der Waals surface area contributed by atoms with Crippen LogP contribution in [0.25, 0.3) is 0 Å². The smallest absolute Gasteiger partial charge is 0.251 e. The highest BCUT2D eigenvalue weighted by Crippen LogP contribution is 2.15. The highest BCUT2D eigenvalue weighted by atomic mass is 32.2. The quantitative estimate of drug-likeness (QED) is 0.282. The number of methoxy groups -OCH3 is 1. The van der Waals surface area contributed by atoms with E-state index in [4.69, 9.17) is 10.00 Å². The van der Waals surface area contributed by atoms with E-state index in [-0.39, 0.29) is 5.91 Å². The zero-order valence-electron chi connectivity index (χ0n) is 11.3. The van der Waals surface area contributed by atoms with Crippen LogP contribution in [0.15, 0.2) is 29.3 Å². The lowest BCUT2D eigenvalue weighted by atomic mass is 10.2. The summed E-state index contributed by atoms with van der Waals surface area (Å²) in [6, 6.07) is 6.82. The van der Waals surface area contributed by atoms with Crippen molar-refractivity contribution in [2.75, 3.05) is 26.5 Å². The molecule has 0 radical (unpaired) electrons. The molecule has 0 bridgehead atoms. The summed E-state index contributed by atoms with van der Waals surface area (Å²) in [6.45, 7) is 0.947. The van der Waals surface area contributed by atoms with Crippen LogP contribution in [0.1, 0.15) is 10.4 Å². The second-order valence-electron chi connectivity index (χ2n) is 3.65. The summed E-state index contributed by atoms with van der Waals surface area (Å²) in [6.07, 6.45) is 3.64. The molecule has 20 heavy (non-hydrogen) atoms. The SMILES string of the molecule is COCCNC(=O)c1ccc(N=C(NC#N)SC)cc1. The molecule has 1 aromatic carbocycles. The van der Waals surface area contributed by atoms with Gasteiger partial charge in [0.1, 0.15) is 0 Å². The van der Waals surface area contributed by atoms with Crippen molar-refractivity contribution in [1.29, 1.82) is 5.26 Å². The maximum absolute atomic E-state index is 11.7. The van der Waals surface area contributed by atoms with Gasteiger partial charge in [-0.05, 0) is 30.5 Å². The van der Waals surface area contributed by atoms with E-state index in [0.717, 1.165) is 0 Å². The van der Waals surface area contributed by atoms with Gasteiger partial charge in [-0.3, -0.25) is 10.1 Å². The predicted molar refractivity (Wildman–Crippen MR) is 80.0 cm³/mol. The molecule has 7 heteroatoms. The Kier molecular flexibility index (Phi) is 7.17. The Bertz CT molecular complexity index is 508. The first kappa shape index (κ1) is 16.0. The molecule has 106 valence electrons. The van der Waals surface area contributed by atoms with Crippen molar-refractivity contribution in [3.63, 3.8) is 0 Å². The van der Waals surface area contributed by atoms with Crippen LogP contribution in [0.4, 0.5) is 5.69 Å². The molecule has 0 aliphatic rings. The first-order valence-corrected chi connectivity index (χ1v) is 7.08. The Morgan fingerprint density at radius 3 is 2.70 bits per heavy atom. The van der Waals surface area contributed by atoms with Crippen LogP contribution >= 0.6 is 11.8 Å². The van der Waals surface area contributed by atoms with Crippen molar-refractivity contribution in [3.8, 4) is 6.19 Å². The average Bonchev–Trinajstić information content (AvgIpc) is 2.47. The summed E-state index contributed by atoms with van der Waals surface area (Å²) in [5.74, 6) is -0.155. The minimum absolute atomic E-state index is 0.155. The number of carbonyl (C=O) groups excluding carboxylic acids is 1. The van der Waals surface area contributed by atoms with Crippen LogP contribution < -0.4 is 10.6 Å². The molecule has 1 aromatic rings. The number of rotatable bonds is 5. The number of hydrogen-bond acceptors (Lipinski definition) is 5. The normalized spacial score (nSPS) is 10.8. The van der Waals surface area contributed by atoms with Gasteiger partial charge in [0.2, 0.25) is 0 Å². The van der Waals surface area contributed by atoms with Crippen LogP contribution in [0.3, 0.4) is 0 Å². The van der Waals surface area contributed by atoms with Gasteiger partial charge in [0.15, 0.2) is 11.4 Å². The zero-order chi connectivity index (χ0) is 14.8. The number of ether oxygens (including phenoxy) is 1. The molecular formula is C13H16N4O2S. The molecule has 0 unspecified atom stereocenters. The molecule has 0 aromatic heterocycles. The largest absolute Gasteiger partial charge is 0.383 e. The molecule has 0 saturated carbocycles. The number of nitriles is 1. The lowest BCUT2D eigenvalue weighted by molar-refractivity contribution is 0.0937. The number of nitrogens with zero attached hydrogens (tertiary/aromatic N) is 2. The lowest BCUT2D eigenvalue weighted by Gasteiger charge is -2.05. The second-order valence-corrected chi connectivity index (χ2v) is 4.45. The average molecular weight is 292 g/mol. The lowest BCUT2D eigenvalue weighted by Crippen LogP contribution is -2.26. The molecule has 2 N–H and O–H groups in total. The van der Waals surface area contributed by atoms with E-state index in [0.29, 0.717) is 29.6 Å². The molecule has 1 amide bonds. The van der Waals surface area contributed by atoms with E-state index < -0.39 is 0 Å². The van der Waals surface area contributed by atoms with Gasteiger partial charge in [-0.1, -0.05) is 11.8 Å². The molecule has 0 fully saturated rings. The summed E-state index contributed by atoms with van der Waals surface area (Å²) in [5, 5.41) is 14.3. The Balaban J connectivity index is 2.69. The molecule has 0 saturated heterocycles. The first-order valence-electron chi connectivity index (χ1n) is 5.86. The molecule has 0 aliphatic carbocycles. The summed E-state index contributed by atoms with van der Waals surface area (Å²) in [7, 11) is 1.58. The zero-order valence-corrected chi connectivity index (χ0v) is 12.2. The van der Waals surface area contributed by atoms with Crippen LogP contribution in [0, 0.1) is 11.5 Å². The van der Waals surface area contributed by atoms with Crippen molar-refractivity contribution in [1.82, 2.24) is 10.6 Å². The van der Waals surface area contributed by atoms with Gasteiger partial charge >= 0.3 is 0 Å². The highest BCUT2D eigenvalue weighted by Gasteiger charge is 2.04. The van der Waals surface area contributed by atoms with Crippen LogP contribution in [0.2, 0.25) is 0 Å². The maximum Gasteiger partial charge on any atom is 0.251 e. The molecule has 6 nitrogen and oxygen atoms in total. The van der Waals surface area contributed by atoms with Gasteiger partial charge in [-0.2, -0.15) is 5.26 Å². The van der Waals surface area contributed by atoms with E-state index in [1.807, 2.05) is 12.4 Å². The molecule has 0 aliphatic heterocycles. The minimum Gasteiger partial charge on any atom is -0.383 e. The molecule has 1 rings (SSSR count). The number of benzene rings is 1. The summed E-state index contributed by atoms with van der Waals surface area (Å²) < 4.78 is 4.86. The Hall–Kier alpha value is -2.04. The van der Waals surface area contributed by atoms with Crippen molar-refractivity contribution in [3.05, 3.63) is 29.8 Å². The summed E-state index contributed by atoms with van der Waals surface area (Å²) in [4.78, 5) is 16.0. The van der Waals surface area contributed by atoms with Gasteiger partial charge in [0, 0.05) is 19.2 Å². The highest BCUT2D eigenvalue weighted by molar-refractivity contribution is 8.13. The topological polar surface area (TPSA) is 86.5 Å². The van der Waals surface area contributed by atoms with Crippen LogP contribution in [-0.4, -0.2) is 37.6 Å². The van der Waals surface area contributed by atoms with Crippen molar-refractivity contribution < 1.29 is 9.53 Å². The third kappa shape index (κ3) is 5.30. The molecule has 0 atom stereocenters. The number of aliphatic imine (C=N–C) groups is 1. The number of hydrogen-bond donors (Lipinski definition) is 2. The maximum atomic E-state index is 11.7. The van der Waals surface area contributed by atoms with Gasteiger partial charge < -0.3 is 10.1 Å². The van der Waals surface area contributed by atoms with Crippen LogP contribution in [0.5, 0.6) is 0 Å². The number of nitrogens with one attached hydrogen (secondary N) is 2. The van der Waals surface area contributed by atoms with E-state index in [1.165, 1.54) is 11.8 Å². The minimum atomic E-state index is -0.155. The Morgan fingerprint density at radius 2 is 2.15 bits per heavy atom. The number of amides is 1. The second kappa shape index (κ2) is 8.96. The van der Waals surface area contributed by atoms with E-state index in [2.05, 4.69) is 15.6 Å². The van der Waals surface area contributed by atoms with Crippen LogP contribution in [-0.2, 0) is 4.74 Å². The van der Waals surface area contributed by atoms with Crippen molar-refractivity contribution in [2.45, 2.75) is 0 Å². The molecule has 0 heterocycles. The fourth-order valence-corrected chi connectivity index (χ4v) is 1.69. The van der Waals surface area contributed by atoms with E-state index in [9.17, 15) is 4.79 Å². The summed E-state index contributed by atoms with van der Waals surface area (Å²) >= 11 is 1.34. The number of carbonyl (C=O) groups is 1. The third-order valence-electron chi connectivity index (χ3n) is 2.31. The third-order valence-corrected chi connectivity index (χ3v) is 2.89. The van der Waals surface area contributed by atoms with Crippen molar-refractivity contribution >= 4 is 28.5 Å². The summed E-state index contributed by atoms with van der Waals surface area (Å²) in [5.41, 5.74) is 1.23. The predicted octanol–water partition coefficient (Wildman–Crippen LogP) is 1.48. The fraction of sp³-hybridized carbons (Fsp3) is 0.308. The number of amidine groups is 1. The monoisotopic (exact) mass is 292 g/mol. The first-order chi connectivity index (χ1) is 9.71. The van der Waals surface area contributed by atoms with E-state index in [1.54, 1.807) is 31.4 Å². The van der Waals surface area contributed by atoms with Gasteiger partial charge in [0.25, 0.3) is 5.91 Å². The molecule has 0 spiro atoms.